The first-order chi connectivity index (χ1) is 14.7. The number of pyridine rings is 1. The molecule has 1 amide bonds. The number of aromatic nitrogens is 1. The fraction of sp³-hybridized carbons (Fsp3) is 0.450. The summed E-state index contributed by atoms with van der Waals surface area (Å²) in [5.74, 6) is -1.49. The second-order valence-corrected chi connectivity index (χ2v) is 7.00. The lowest BCUT2D eigenvalue weighted by atomic mass is 10.1. The van der Waals surface area contributed by atoms with Crippen LogP contribution in [0.15, 0.2) is 41.1 Å². The van der Waals surface area contributed by atoms with Crippen LogP contribution in [0.5, 0.6) is 5.88 Å². The Balaban J connectivity index is 0.000000339. The van der Waals surface area contributed by atoms with Crippen LogP contribution in [0.4, 0.5) is 13.2 Å². The standard InChI is InChI=1S/C18H20N2O4.C2HF3O2/c1-12-13(7-10-22-12)18(21)20-9-11-23-17-14(20)5-6-15(17)24-16-4-2-3-8-19-16;3-2(4,5)1(6)7/h2-4,7-8,10,14-15,17H,5-6,9,11H2,1H3;(H,6,7)/t14-,15+,17+;/m0./s1. The topological polar surface area (TPSA) is 102 Å². The van der Waals surface area contributed by atoms with Gasteiger partial charge in [0.15, 0.2) is 0 Å². The van der Waals surface area contributed by atoms with Gasteiger partial charge in [-0.2, -0.15) is 13.2 Å². The molecule has 0 aromatic carbocycles. The Hall–Kier alpha value is -3.08. The van der Waals surface area contributed by atoms with Crippen molar-refractivity contribution < 1.29 is 41.8 Å². The molecule has 2 fully saturated rings. The number of carbonyl (C=O) groups excluding carboxylic acids is 1. The third-order valence-corrected chi connectivity index (χ3v) is 5.04. The number of carbonyl (C=O) groups is 2. The second kappa shape index (κ2) is 9.38. The number of fused-ring (bicyclic) bond motifs is 1. The normalized spacial score (nSPS) is 22.8. The van der Waals surface area contributed by atoms with Crippen LogP contribution < -0.4 is 4.74 Å². The van der Waals surface area contributed by atoms with E-state index in [4.69, 9.17) is 23.8 Å². The monoisotopic (exact) mass is 442 g/mol. The molecule has 11 heteroatoms. The molecule has 31 heavy (non-hydrogen) atoms. The molecule has 0 unspecified atom stereocenters. The van der Waals surface area contributed by atoms with Gasteiger partial charge < -0.3 is 23.9 Å². The van der Waals surface area contributed by atoms with Crippen LogP contribution in [0, 0.1) is 6.92 Å². The van der Waals surface area contributed by atoms with Crippen molar-refractivity contribution in [1.29, 1.82) is 0 Å². The predicted molar refractivity (Wildman–Crippen MR) is 99.6 cm³/mol. The van der Waals surface area contributed by atoms with E-state index in [0.29, 0.717) is 30.4 Å². The zero-order chi connectivity index (χ0) is 22.6. The first-order valence-corrected chi connectivity index (χ1v) is 9.53. The van der Waals surface area contributed by atoms with E-state index in [1.165, 1.54) is 0 Å². The molecule has 1 saturated heterocycles. The van der Waals surface area contributed by atoms with Crippen LogP contribution in [-0.2, 0) is 9.53 Å². The molecule has 1 N–H and O–H groups in total. The molecule has 2 aromatic rings. The maximum Gasteiger partial charge on any atom is 0.490 e. The minimum absolute atomic E-state index is 0.0121. The van der Waals surface area contributed by atoms with E-state index in [0.717, 1.165) is 12.8 Å². The Morgan fingerprint density at radius 3 is 2.58 bits per heavy atom. The number of aryl methyl sites for hydroxylation is 1. The third-order valence-electron chi connectivity index (χ3n) is 5.04. The minimum atomic E-state index is -5.08. The van der Waals surface area contributed by atoms with Gasteiger partial charge in [-0.3, -0.25) is 4.79 Å². The van der Waals surface area contributed by atoms with Gasteiger partial charge in [-0.1, -0.05) is 6.07 Å². The number of halogens is 3. The lowest BCUT2D eigenvalue weighted by molar-refractivity contribution is -0.192. The number of nitrogens with zero attached hydrogens (tertiary/aromatic N) is 2. The smallest absolute Gasteiger partial charge is 0.475 e. The maximum atomic E-state index is 12.8. The summed E-state index contributed by atoms with van der Waals surface area (Å²) in [6.07, 6.45) is -0.295. The van der Waals surface area contributed by atoms with Gasteiger partial charge in [-0.05, 0) is 31.9 Å². The number of ether oxygens (including phenoxy) is 2. The molecule has 2 aliphatic rings. The van der Waals surface area contributed by atoms with E-state index < -0.39 is 12.1 Å². The van der Waals surface area contributed by atoms with E-state index in [2.05, 4.69) is 4.98 Å². The van der Waals surface area contributed by atoms with Crippen LogP contribution >= 0.6 is 0 Å². The van der Waals surface area contributed by atoms with E-state index in [1.54, 1.807) is 18.5 Å². The third kappa shape index (κ3) is 5.35. The van der Waals surface area contributed by atoms with Gasteiger partial charge in [0, 0.05) is 18.8 Å². The summed E-state index contributed by atoms with van der Waals surface area (Å²) in [5, 5.41) is 7.12. The van der Waals surface area contributed by atoms with Gasteiger partial charge in [0.05, 0.1) is 24.5 Å². The Morgan fingerprint density at radius 1 is 1.26 bits per heavy atom. The molecular weight excluding hydrogens is 421 g/mol. The second-order valence-electron chi connectivity index (χ2n) is 7.00. The van der Waals surface area contributed by atoms with Crippen molar-refractivity contribution in [2.24, 2.45) is 0 Å². The minimum Gasteiger partial charge on any atom is -0.475 e. The summed E-state index contributed by atoms with van der Waals surface area (Å²) in [4.78, 5) is 27.9. The van der Waals surface area contributed by atoms with Crippen LogP contribution in [0.1, 0.15) is 29.0 Å². The molecule has 168 valence electrons. The first-order valence-electron chi connectivity index (χ1n) is 9.53. The number of morpholine rings is 1. The molecular formula is C20H21F3N2O6. The Labute approximate surface area is 175 Å². The van der Waals surface area contributed by atoms with Crippen LogP contribution in [0.25, 0.3) is 0 Å². The number of hydrogen-bond donors (Lipinski definition) is 1. The number of carboxylic acids is 1. The summed E-state index contributed by atoms with van der Waals surface area (Å²) in [7, 11) is 0. The van der Waals surface area contributed by atoms with Crippen molar-refractivity contribution >= 4 is 11.9 Å². The van der Waals surface area contributed by atoms with E-state index >= 15 is 0 Å². The van der Waals surface area contributed by atoms with Crippen molar-refractivity contribution in [3.63, 3.8) is 0 Å². The number of amides is 1. The zero-order valence-corrected chi connectivity index (χ0v) is 16.5. The highest BCUT2D eigenvalue weighted by Crippen LogP contribution is 2.33. The summed E-state index contributed by atoms with van der Waals surface area (Å²) in [5.41, 5.74) is 0.629. The molecule has 4 rings (SSSR count). The number of alkyl halides is 3. The van der Waals surface area contributed by atoms with Gasteiger partial charge in [-0.25, -0.2) is 9.78 Å². The van der Waals surface area contributed by atoms with Crippen molar-refractivity contribution in [2.45, 2.75) is 44.2 Å². The van der Waals surface area contributed by atoms with Gasteiger partial charge in [0.25, 0.3) is 5.91 Å². The Morgan fingerprint density at radius 2 is 2.00 bits per heavy atom. The highest BCUT2D eigenvalue weighted by atomic mass is 19.4. The van der Waals surface area contributed by atoms with E-state index in [-0.39, 0.29) is 24.2 Å². The van der Waals surface area contributed by atoms with Crippen molar-refractivity contribution in [3.8, 4) is 5.88 Å². The fourth-order valence-corrected chi connectivity index (χ4v) is 3.63. The van der Waals surface area contributed by atoms with Crippen LogP contribution in [0.3, 0.4) is 0 Å². The van der Waals surface area contributed by atoms with Gasteiger partial charge in [-0.15, -0.1) is 0 Å². The van der Waals surface area contributed by atoms with Crippen molar-refractivity contribution in [2.75, 3.05) is 13.2 Å². The van der Waals surface area contributed by atoms with Crippen LogP contribution in [0.2, 0.25) is 0 Å². The average Bonchev–Trinajstić information content (AvgIpc) is 3.34. The summed E-state index contributed by atoms with van der Waals surface area (Å²) in [6.45, 7) is 2.93. The molecule has 1 aliphatic heterocycles. The average molecular weight is 442 g/mol. The van der Waals surface area contributed by atoms with Gasteiger partial charge in [0.1, 0.15) is 18.0 Å². The molecule has 3 atom stereocenters. The van der Waals surface area contributed by atoms with Crippen molar-refractivity contribution in [1.82, 2.24) is 9.88 Å². The predicted octanol–water partition coefficient (Wildman–Crippen LogP) is 3.07. The summed E-state index contributed by atoms with van der Waals surface area (Å²) >= 11 is 0. The maximum absolute atomic E-state index is 12.8. The number of rotatable bonds is 3. The molecule has 1 aliphatic carbocycles. The highest BCUT2D eigenvalue weighted by Gasteiger charge is 2.46. The molecule has 1 saturated carbocycles. The van der Waals surface area contributed by atoms with E-state index in [1.807, 2.05) is 30.0 Å². The summed E-state index contributed by atoms with van der Waals surface area (Å²) in [6, 6.07) is 7.37. The Kier molecular flexibility index (Phi) is 6.84. The van der Waals surface area contributed by atoms with Gasteiger partial charge >= 0.3 is 12.1 Å². The number of hydrogen-bond acceptors (Lipinski definition) is 6. The van der Waals surface area contributed by atoms with Crippen molar-refractivity contribution in [3.05, 3.63) is 48.0 Å². The number of aliphatic carboxylic acids is 1. The number of furan rings is 1. The molecule has 0 bridgehead atoms. The molecule has 0 spiro atoms. The largest absolute Gasteiger partial charge is 0.490 e. The molecule has 8 nitrogen and oxygen atoms in total. The van der Waals surface area contributed by atoms with Crippen LogP contribution in [-0.4, -0.2) is 64.4 Å². The molecule has 0 radical (unpaired) electrons. The lowest BCUT2D eigenvalue weighted by Gasteiger charge is -2.38. The molecule has 2 aromatic heterocycles. The fourth-order valence-electron chi connectivity index (χ4n) is 3.63. The zero-order valence-electron chi connectivity index (χ0n) is 16.5. The Bertz CT molecular complexity index is 902. The summed E-state index contributed by atoms with van der Waals surface area (Å²) < 4.78 is 49.0. The highest BCUT2D eigenvalue weighted by molar-refractivity contribution is 5.95. The molecule has 3 heterocycles. The number of carboxylic acid groups (broad SMARTS) is 1. The SMILES string of the molecule is Cc1occc1C(=O)N1CCO[C@H]2[C@H](Oc3ccccn3)CC[C@@H]21.O=C(O)C(F)(F)F. The lowest BCUT2D eigenvalue weighted by Crippen LogP contribution is -2.54. The quantitative estimate of drug-likeness (QED) is 0.780. The van der Waals surface area contributed by atoms with E-state index in [9.17, 15) is 18.0 Å². The van der Waals surface area contributed by atoms with Gasteiger partial charge in [0.2, 0.25) is 5.88 Å². The first kappa shape index (κ1) is 22.6.